The van der Waals surface area contributed by atoms with Gasteiger partial charge in [0.1, 0.15) is 18.1 Å². The number of likely N-dealkylation sites (tertiary alicyclic amines) is 1. The van der Waals surface area contributed by atoms with E-state index >= 15 is 0 Å². The van der Waals surface area contributed by atoms with Gasteiger partial charge in [0.15, 0.2) is 0 Å². The molecule has 3 aliphatic rings. The number of nitrogens with zero attached hydrogens (tertiary/aromatic N) is 3. The van der Waals surface area contributed by atoms with Gasteiger partial charge in [0.05, 0.1) is 31.1 Å². The highest BCUT2D eigenvalue weighted by atomic mass is 19.1. The molecule has 9 heteroatoms. The number of halogens is 1. The molecule has 0 aliphatic carbocycles. The topological polar surface area (TPSA) is 81.2 Å². The number of rotatable bonds is 4. The lowest BCUT2D eigenvalue weighted by atomic mass is 9.83. The fourth-order valence-electron chi connectivity index (χ4n) is 4.35. The molecule has 1 aromatic heterocycles. The van der Waals surface area contributed by atoms with E-state index in [1.165, 1.54) is 12.1 Å². The quantitative estimate of drug-likeness (QED) is 0.728. The summed E-state index contributed by atoms with van der Waals surface area (Å²) in [6.45, 7) is 4.17. The molecule has 1 atom stereocenters. The third-order valence-corrected chi connectivity index (χ3v) is 6.16. The van der Waals surface area contributed by atoms with Crippen LogP contribution < -0.4 is 0 Å². The molecule has 0 aromatic carbocycles. The zero-order valence-corrected chi connectivity index (χ0v) is 17.1. The maximum absolute atomic E-state index is 13.0. The Bertz CT molecular complexity index is 746. The third kappa shape index (κ3) is 4.96. The van der Waals surface area contributed by atoms with Crippen LogP contribution in [0.15, 0.2) is 18.3 Å². The van der Waals surface area contributed by atoms with Crippen molar-refractivity contribution in [1.82, 2.24) is 14.8 Å². The SMILES string of the molecule is O=C(COC1CCOC2(CCN(C(=O)c3ccc(F)cn3)CC2)C1)N1CCOCC1. The van der Waals surface area contributed by atoms with Gasteiger partial charge < -0.3 is 24.0 Å². The van der Waals surface area contributed by atoms with Gasteiger partial charge in [-0.1, -0.05) is 0 Å². The largest absolute Gasteiger partial charge is 0.378 e. The number of piperidine rings is 1. The molecule has 0 saturated carbocycles. The number of hydrogen-bond acceptors (Lipinski definition) is 6. The summed E-state index contributed by atoms with van der Waals surface area (Å²) in [4.78, 5) is 32.3. The lowest BCUT2D eigenvalue weighted by Crippen LogP contribution is -2.52. The Balaban J connectivity index is 1.26. The van der Waals surface area contributed by atoms with Gasteiger partial charge in [0, 0.05) is 39.2 Å². The second kappa shape index (κ2) is 9.36. The first-order valence-electron chi connectivity index (χ1n) is 10.6. The molecule has 4 rings (SSSR count). The van der Waals surface area contributed by atoms with E-state index in [1.807, 2.05) is 0 Å². The maximum atomic E-state index is 13.0. The zero-order valence-electron chi connectivity index (χ0n) is 17.1. The molecule has 30 heavy (non-hydrogen) atoms. The number of amides is 2. The lowest BCUT2D eigenvalue weighted by molar-refractivity contribution is -0.163. The fourth-order valence-corrected chi connectivity index (χ4v) is 4.35. The van der Waals surface area contributed by atoms with Crippen LogP contribution >= 0.6 is 0 Å². The Hall–Kier alpha value is -2.10. The molecule has 2 amide bonds. The highest BCUT2D eigenvalue weighted by Crippen LogP contribution is 2.36. The molecule has 8 nitrogen and oxygen atoms in total. The Morgan fingerprint density at radius 3 is 2.60 bits per heavy atom. The summed E-state index contributed by atoms with van der Waals surface area (Å²) in [5, 5.41) is 0. The van der Waals surface area contributed by atoms with Crippen molar-refractivity contribution in [3.05, 3.63) is 29.8 Å². The minimum absolute atomic E-state index is 0.00561. The highest BCUT2D eigenvalue weighted by Gasteiger charge is 2.42. The van der Waals surface area contributed by atoms with Gasteiger partial charge in [-0.2, -0.15) is 0 Å². The van der Waals surface area contributed by atoms with Crippen molar-refractivity contribution in [2.24, 2.45) is 0 Å². The van der Waals surface area contributed by atoms with Gasteiger partial charge in [-0.25, -0.2) is 9.37 Å². The van der Waals surface area contributed by atoms with Gasteiger partial charge in [0.2, 0.25) is 5.91 Å². The third-order valence-electron chi connectivity index (χ3n) is 6.16. The molecule has 0 radical (unpaired) electrons. The van der Waals surface area contributed by atoms with Gasteiger partial charge in [-0.3, -0.25) is 9.59 Å². The maximum Gasteiger partial charge on any atom is 0.272 e. The van der Waals surface area contributed by atoms with Crippen molar-refractivity contribution in [3.63, 3.8) is 0 Å². The first kappa shape index (κ1) is 21.1. The van der Waals surface area contributed by atoms with Crippen molar-refractivity contribution < 1.29 is 28.2 Å². The summed E-state index contributed by atoms with van der Waals surface area (Å²) in [7, 11) is 0. The number of aromatic nitrogens is 1. The van der Waals surface area contributed by atoms with E-state index in [1.54, 1.807) is 9.80 Å². The monoisotopic (exact) mass is 421 g/mol. The first-order valence-corrected chi connectivity index (χ1v) is 10.6. The second-order valence-corrected chi connectivity index (χ2v) is 8.10. The molecule has 1 spiro atoms. The number of hydrogen-bond donors (Lipinski definition) is 0. The van der Waals surface area contributed by atoms with E-state index in [0.29, 0.717) is 58.8 Å². The van der Waals surface area contributed by atoms with Crippen molar-refractivity contribution in [2.45, 2.75) is 37.4 Å². The van der Waals surface area contributed by atoms with Gasteiger partial charge in [-0.15, -0.1) is 0 Å². The Morgan fingerprint density at radius 2 is 1.90 bits per heavy atom. The average Bonchev–Trinajstić information content (AvgIpc) is 2.79. The molecule has 4 heterocycles. The van der Waals surface area contributed by atoms with Crippen molar-refractivity contribution >= 4 is 11.8 Å². The summed E-state index contributed by atoms with van der Waals surface area (Å²) in [6.07, 6.45) is 3.93. The Morgan fingerprint density at radius 1 is 1.13 bits per heavy atom. The van der Waals surface area contributed by atoms with E-state index in [4.69, 9.17) is 14.2 Å². The van der Waals surface area contributed by atoms with Gasteiger partial charge in [-0.05, 0) is 31.4 Å². The van der Waals surface area contributed by atoms with Gasteiger partial charge in [0.25, 0.3) is 5.91 Å². The smallest absolute Gasteiger partial charge is 0.272 e. The molecular weight excluding hydrogens is 393 g/mol. The van der Waals surface area contributed by atoms with Crippen molar-refractivity contribution in [3.8, 4) is 0 Å². The molecule has 1 unspecified atom stereocenters. The molecule has 0 N–H and O–H groups in total. The van der Waals surface area contributed by atoms with E-state index in [-0.39, 0.29) is 35.8 Å². The molecule has 3 saturated heterocycles. The van der Waals surface area contributed by atoms with Crippen LogP contribution in [0, 0.1) is 5.82 Å². The van der Waals surface area contributed by atoms with E-state index in [0.717, 1.165) is 19.0 Å². The molecular formula is C21H28FN3O5. The summed E-state index contributed by atoms with van der Waals surface area (Å²) in [5.41, 5.74) is -0.0717. The van der Waals surface area contributed by atoms with Crippen LogP contribution in [0.2, 0.25) is 0 Å². The van der Waals surface area contributed by atoms with E-state index in [2.05, 4.69) is 4.98 Å². The Labute approximate surface area is 175 Å². The fraction of sp³-hybridized carbons (Fsp3) is 0.667. The molecule has 3 fully saturated rings. The summed E-state index contributed by atoms with van der Waals surface area (Å²) < 4.78 is 30.4. The summed E-state index contributed by atoms with van der Waals surface area (Å²) >= 11 is 0. The van der Waals surface area contributed by atoms with Crippen LogP contribution in [-0.4, -0.2) is 90.9 Å². The summed E-state index contributed by atoms with van der Waals surface area (Å²) in [5.74, 6) is -0.645. The van der Waals surface area contributed by atoms with Crippen molar-refractivity contribution in [2.75, 3.05) is 52.6 Å². The van der Waals surface area contributed by atoms with Crippen LogP contribution in [-0.2, 0) is 19.0 Å². The normalized spacial score (nSPS) is 24.1. The summed E-state index contributed by atoms with van der Waals surface area (Å²) in [6, 6.07) is 2.66. The molecule has 3 aliphatic heterocycles. The van der Waals surface area contributed by atoms with Crippen LogP contribution in [0.3, 0.4) is 0 Å². The number of morpholine rings is 1. The average molecular weight is 421 g/mol. The van der Waals surface area contributed by atoms with Crippen molar-refractivity contribution in [1.29, 1.82) is 0 Å². The molecule has 164 valence electrons. The second-order valence-electron chi connectivity index (χ2n) is 8.10. The number of carbonyl (C=O) groups excluding carboxylic acids is 2. The number of ether oxygens (including phenoxy) is 3. The zero-order chi connectivity index (χ0) is 21.0. The van der Waals surface area contributed by atoms with Crippen LogP contribution in [0.1, 0.15) is 36.2 Å². The standard InChI is InChI=1S/C21H28FN3O5/c22-16-1-2-18(23-14-16)20(27)25-6-4-21(5-7-25)13-17(3-10-30-21)29-15-19(26)24-8-11-28-12-9-24/h1-2,14,17H,3-13,15H2. The van der Waals surface area contributed by atoms with E-state index in [9.17, 15) is 14.0 Å². The highest BCUT2D eigenvalue weighted by molar-refractivity contribution is 5.92. The molecule has 0 bridgehead atoms. The minimum Gasteiger partial charge on any atom is -0.378 e. The first-order chi connectivity index (χ1) is 14.5. The predicted molar refractivity (Wildman–Crippen MR) is 104 cm³/mol. The Kier molecular flexibility index (Phi) is 6.60. The minimum atomic E-state index is -0.460. The van der Waals surface area contributed by atoms with Crippen LogP contribution in [0.5, 0.6) is 0 Å². The molecule has 1 aromatic rings. The predicted octanol–water partition coefficient (Wildman–Crippen LogP) is 1.25. The van der Waals surface area contributed by atoms with Gasteiger partial charge >= 0.3 is 0 Å². The number of carbonyl (C=O) groups is 2. The van der Waals surface area contributed by atoms with Crippen LogP contribution in [0.25, 0.3) is 0 Å². The number of pyridine rings is 1. The lowest BCUT2D eigenvalue weighted by Gasteiger charge is -2.46. The van der Waals surface area contributed by atoms with E-state index < -0.39 is 5.82 Å². The van der Waals surface area contributed by atoms with Crippen LogP contribution in [0.4, 0.5) is 4.39 Å².